The van der Waals surface area contributed by atoms with Crippen molar-refractivity contribution in [2.24, 2.45) is 0 Å². The number of hydrogen-bond acceptors (Lipinski definition) is 4. The van der Waals surface area contributed by atoms with Crippen LogP contribution in [0.5, 0.6) is 0 Å². The SMILES string of the molecule is Cc1cc(C)cc(-c2cc(NC(=O)c3ccn(C4CCCNC4)n3)n[nH]2)c1.Cl. The standard InChI is InChI=1S/C20H24N6O.ClH/c1-13-8-14(2)10-15(9-13)18-11-19(24-23-18)22-20(27)17-5-7-26(25-17)16-4-3-6-21-12-16;/h5,7-11,16,21H,3-4,6,12H2,1-2H3,(H2,22,23,24,27);1H. The van der Waals surface area contributed by atoms with E-state index in [1.807, 2.05) is 16.9 Å². The molecule has 8 heteroatoms. The Labute approximate surface area is 170 Å². The summed E-state index contributed by atoms with van der Waals surface area (Å²) < 4.78 is 1.88. The van der Waals surface area contributed by atoms with Gasteiger partial charge in [0, 0.05) is 24.4 Å². The first-order valence-corrected chi connectivity index (χ1v) is 9.30. The summed E-state index contributed by atoms with van der Waals surface area (Å²) >= 11 is 0. The highest BCUT2D eigenvalue weighted by atomic mass is 35.5. The number of anilines is 1. The number of aromatic nitrogens is 4. The molecule has 1 fully saturated rings. The number of nitrogens with one attached hydrogen (secondary N) is 3. The zero-order valence-corrected chi connectivity index (χ0v) is 16.8. The zero-order chi connectivity index (χ0) is 18.8. The van der Waals surface area contributed by atoms with Crippen LogP contribution in [0.1, 0.15) is 40.5 Å². The molecule has 0 bridgehead atoms. The summed E-state index contributed by atoms with van der Waals surface area (Å²) in [6.07, 6.45) is 4.08. The highest BCUT2D eigenvalue weighted by molar-refractivity contribution is 6.02. The zero-order valence-electron chi connectivity index (χ0n) is 16.0. The number of nitrogens with zero attached hydrogens (tertiary/aromatic N) is 3. The number of amides is 1. The van der Waals surface area contributed by atoms with E-state index in [0.717, 1.165) is 37.2 Å². The molecule has 1 atom stereocenters. The molecule has 0 spiro atoms. The minimum absolute atomic E-state index is 0. The maximum absolute atomic E-state index is 12.5. The molecule has 7 nitrogen and oxygen atoms in total. The van der Waals surface area contributed by atoms with Crippen LogP contribution < -0.4 is 10.6 Å². The van der Waals surface area contributed by atoms with E-state index in [1.54, 1.807) is 6.07 Å². The van der Waals surface area contributed by atoms with Gasteiger partial charge in [-0.05, 0) is 51.4 Å². The molecular formula is C20H25ClN6O. The number of piperidine rings is 1. The summed E-state index contributed by atoms with van der Waals surface area (Å²) in [7, 11) is 0. The molecule has 1 saturated heterocycles. The summed E-state index contributed by atoms with van der Waals surface area (Å²) in [6, 6.07) is 10.2. The summed E-state index contributed by atoms with van der Waals surface area (Å²) in [5.74, 6) is 0.235. The molecule has 1 aliphatic heterocycles. The van der Waals surface area contributed by atoms with Crippen LogP contribution in [0, 0.1) is 13.8 Å². The smallest absolute Gasteiger partial charge is 0.277 e. The molecule has 1 aliphatic rings. The minimum atomic E-state index is -0.254. The van der Waals surface area contributed by atoms with Crippen LogP contribution >= 0.6 is 12.4 Å². The largest absolute Gasteiger partial charge is 0.315 e. The van der Waals surface area contributed by atoms with Crippen molar-refractivity contribution in [1.82, 2.24) is 25.3 Å². The normalized spacial score (nSPS) is 16.4. The van der Waals surface area contributed by atoms with Crippen molar-refractivity contribution in [2.75, 3.05) is 18.4 Å². The molecule has 0 aliphatic carbocycles. The number of aryl methyl sites for hydroxylation is 2. The Kier molecular flexibility index (Phi) is 6.16. The Hall–Kier alpha value is -2.64. The third-order valence-electron chi connectivity index (χ3n) is 4.84. The van der Waals surface area contributed by atoms with Gasteiger partial charge in [0.05, 0.1) is 11.7 Å². The van der Waals surface area contributed by atoms with Crippen LogP contribution in [0.3, 0.4) is 0 Å². The fourth-order valence-electron chi connectivity index (χ4n) is 3.57. The van der Waals surface area contributed by atoms with Gasteiger partial charge < -0.3 is 10.6 Å². The van der Waals surface area contributed by atoms with Crippen molar-refractivity contribution < 1.29 is 4.79 Å². The van der Waals surface area contributed by atoms with Gasteiger partial charge in [0.1, 0.15) is 0 Å². The molecule has 4 rings (SSSR count). The Morgan fingerprint density at radius 3 is 2.71 bits per heavy atom. The first-order valence-electron chi connectivity index (χ1n) is 9.30. The third-order valence-corrected chi connectivity index (χ3v) is 4.84. The second-order valence-electron chi connectivity index (χ2n) is 7.18. The van der Waals surface area contributed by atoms with E-state index in [0.29, 0.717) is 17.6 Å². The average Bonchev–Trinajstić information content (AvgIpc) is 3.31. The molecule has 2 aromatic heterocycles. The Morgan fingerprint density at radius 2 is 2.00 bits per heavy atom. The van der Waals surface area contributed by atoms with Gasteiger partial charge in [-0.25, -0.2) is 0 Å². The molecule has 3 aromatic rings. The van der Waals surface area contributed by atoms with E-state index in [-0.39, 0.29) is 18.3 Å². The van der Waals surface area contributed by atoms with Gasteiger partial charge in [-0.2, -0.15) is 10.2 Å². The molecule has 3 N–H and O–H groups in total. The Bertz CT molecular complexity index is 937. The molecule has 1 amide bonds. The van der Waals surface area contributed by atoms with Gasteiger partial charge in [-0.1, -0.05) is 17.2 Å². The van der Waals surface area contributed by atoms with Crippen molar-refractivity contribution in [3.8, 4) is 11.3 Å². The predicted octanol–water partition coefficient (Wildman–Crippen LogP) is 3.49. The van der Waals surface area contributed by atoms with Gasteiger partial charge in [-0.3, -0.25) is 14.6 Å². The maximum atomic E-state index is 12.5. The Morgan fingerprint density at radius 1 is 1.21 bits per heavy atom. The number of aromatic amines is 1. The minimum Gasteiger partial charge on any atom is -0.315 e. The maximum Gasteiger partial charge on any atom is 0.277 e. The van der Waals surface area contributed by atoms with Gasteiger partial charge >= 0.3 is 0 Å². The first kappa shape index (κ1) is 20.1. The van der Waals surface area contributed by atoms with E-state index >= 15 is 0 Å². The van der Waals surface area contributed by atoms with Crippen molar-refractivity contribution in [3.05, 3.63) is 53.3 Å². The highest BCUT2D eigenvalue weighted by Crippen LogP contribution is 2.23. The van der Waals surface area contributed by atoms with Crippen LogP contribution in [-0.4, -0.2) is 39.0 Å². The lowest BCUT2D eigenvalue weighted by molar-refractivity contribution is 0.102. The van der Waals surface area contributed by atoms with E-state index in [1.165, 1.54) is 11.1 Å². The number of rotatable bonds is 4. The van der Waals surface area contributed by atoms with E-state index in [9.17, 15) is 4.79 Å². The van der Waals surface area contributed by atoms with Crippen LogP contribution in [0.15, 0.2) is 36.5 Å². The molecule has 3 heterocycles. The van der Waals surface area contributed by atoms with Gasteiger partial charge in [0.15, 0.2) is 11.5 Å². The molecule has 28 heavy (non-hydrogen) atoms. The summed E-state index contributed by atoms with van der Waals surface area (Å²) in [5.41, 5.74) is 4.70. The Balaban J connectivity index is 0.00000225. The molecule has 1 aromatic carbocycles. The van der Waals surface area contributed by atoms with Gasteiger partial charge in [0.2, 0.25) is 0 Å². The lowest BCUT2D eigenvalue weighted by atomic mass is 10.1. The average molecular weight is 401 g/mol. The molecule has 0 radical (unpaired) electrons. The number of H-pyrrole nitrogens is 1. The van der Waals surface area contributed by atoms with E-state index in [2.05, 4.69) is 58.0 Å². The van der Waals surface area contributed by atoms with E-state index in [4.69, 9.17) is 0 Å². The third kappa shape index (κ3) is 4.43. The summed E-state index contributed by atoms with van der Waals surface area (Å²) in [4.78, 5) is 12.5. The summed E-state index contributed by atoms with van der Waals surface area (Å²) in [6.45, 7) is 6.07. The second kappa shape index (κ2) is 8.58. The molecule has 148 valence electrons. The molecule has 1 unspecified atom stereocenters. The first-order chi connectivity index (χ1) is 13.1. The van der Waals surface area contributed by atoms with Crippen molar-refractivity contribution in [1.29, 1.82) is 0 Å². The van der Waals surface area contributed by atoms with Crippen LogP contribution in [0.4, 0.5) is 5.82 Å². The molecular weight excluding hydrogens is 376 g/mol. The number of carbonyl (C=O) groups excluding carboxylic acids is 1. The van der Waals surface area contributed by atoms with Crippen LogP contribution in [0.2, 0.25) is 0 Å². The van der Waals surface area contributed by atoms with Gasteiger partial charge in [0.25, 0.3) is 5.91 Å². The van der Waals surface area contributed by atoms with Crippen LogP contribution in [-0.2, 0) is 0 Å². The van der Waals surface area contributed by atoms with Gasteiger partial charge in [-0.15, -0.1) is 12.4 Å². The molecule has 0 saturated carbocycles. The lowest BCUT2D eigenvalue weighted by Gasteiger charge is -2.22. The fraction of sp³-hybridized carbons (Fsp3) is 0.350. The second-order valence-corrected chi connectivity index (χ2v) is 7.18. The van der Waals surface area contributed by atoms with E-state index < -0.39 is 0 Å². The topological polar surface area (TPSA) is 87.6 Å². The van der Waals surface area contributed by atoms with Crippen molar-refractivity contribution in [3.63, 3.8) is 0 Å². The number of carbonyl (C=O) groups is 1. The number of benzene rings is 1. The van der Waals surface area contributed by atoms with Crippen LogP contribution in [0.25, 0.3) is 11.3 Å². The van der Waals surface area contributed by atoms with Crippen molar-refractivity contribution >= 4 is 24.1 Å². The number of hydrogen-bond donors (Lipinski definition) is 3. The highest BCUT2D eigenvalue weighted by Gasteiger charge is 2.18. The summed E-state index contributed by atoms with van der Waals surface area (Å²) in [5, 5.41) is 17.8. The lowest BCUT2D eigenvalue weighted by Crippen LogP contribution is -2.32. The number of halogens is 1. The monoisotopic (exact) mass is 400 g/mol. The fourth-order valence-corrected chi connectivity index (χ4v) is 3.57. The van der Waals surface area contributed by atoms with Crippen molar-refractivity contribution in [2.45, 2.75) is 32.7 Å². The predicted molar refractivity (Wildman–Crippen MR) is 112 cm³/mol. The quantitative estimate of drug-likeness (QED) is 0.625.